The predicted molar refractivity (Wildman–Crippen MR) is 62.4 cm³/mol. The van der Waals surface area contributed by atoms with Crippen molar-refractivity contribution >= 4 is 5.78 Å². The highest BCUT2D eigenvalue weighted by molar-refractivity contribution is 5.78. The second-order valence-electron chi connectivity index (χ2n) is 6.69. The Hall–Kier alpha value is -0.330. The first-order valence-corrected chi connectivity index (χ1v) is 5.62. The Kier molecular flexibility index (Phi) is 4.83. The van der Waals surface area contributed by atoms with Crippen LogP contribution in [0.3, 0.4) is 0 Å². The van der Waals surface area contributed by atoms with E-state index in [-0.39, 0.29) is 5.41 Å². The van der Waals surface area contributed by atoms with Crippen molar-refractivity contribution in [1.82, 2.24) is 0 Å². The molecule has 0 bridgehead atoms. The highest BCUT2D eigenvalue weighted by atomic mass is 16.1. The first kappa shape index (κ1) is 13.7. The number of Topliss-reactive ketones (excluding diaryl/α,β-unsaturated/α-hetero) is 1. The first-order valence-electron chi connectivity index (χ1n) is 5.62. The molecule has 1 nitrogen and oxygen atoms in total. The molecule has 14 heavy (non-hydrogen) atoms. The smallest absolute Gasteiger partial charge is 0.133 e. The van der Waals surface area contributed by atoms with Gasteiger partial charge in [-0.2, -0.15) is 0 Å². The second kappa shape index (κ2) is 4.95. The Bertz CT molecular complexity index is 178. The van der Waals surface area contributed by atoms with Crippen LogP contribution >= 0.6 is 0 Å². The fourth-order valence-corrected chi connectivity index (χ4v) is 1.50. The van der Waals surface area contributed by atoms with Crippen LogP contribution in [0.1, 0.15) is 67.2 Å². The Morgan fingerprint density at radius 1 is 0.929 bits per heavy atom. The highest BCUT2D eigenvalue weighted by Crippen LogP contribution is 2.24. The zero-order valence-electron chi connectivity index (χ0n) is 10.7. The van der Waals surface area contributed by atoms with Crippen molar-refractivity contribution in [3.63, 3.8) is 0 Å². The molecule has 1 heteroatoms. The second-order valence-corrected chi connectivity index (χ2v) is 6.69. The van der Waals surface area contributed by atoms with Gasteiger partial charge in [-0.3, -0.25) is 4.79 Å². The average Bonchev–Trinajstić information content (AvgIpc) is 1.78. The average molecular weight is 198 g/mol. The van der Waals surface area contributed by atoms with Crippen LogP contribution in [0.5, 0.6) is 0 Å². The molecule has 0 N–H and O–H groups in total. The molecular formula is C13H26O. The van der Waals surface area contributed by atoms with Gasteiger partial charge in [0.2, 0.25) is 0 Å². The molecular weight excluding hydrogens is 172 g/mol. The first-order chi connectivity index (χ1) is 6.10. The van der Waals surface area contributed by atoms with Gasteiger partial charge >= 0.3 is 0 Å². The van der Waals surface area contributed by atoms with E-state index < -0.39 is 0 Å². The molecule has 0 saturated carbocycles. The SMILES string of the molecule is CC(C)(C)CCCC(=O)CC(C)(C)C. The molecule has 0 aromatic heterocycles. The maximum Gasteiger partial charge on any atom is 0.133 e. The summed E-state index contributed by atoms with van der Waals surface area (Å²) in [6.07, 6.45) is 3.66. The van der Waals surface area contributed by atoms with E-state index in [9.17, 15) is 4.79 Å². The van der Waals surface area contributed by atoms with Crippen LogP contribution in [0.25, 0.3) is 0 Å². The molecule has 0 spiro atoms. The molecule has 0 heterocycles. The molecule has 0 rings (SSSR count). The maximum absolute atomic E-state index is 11.5. The van der Waals surface area contributed by atoms with Crippen molar-refractivity contribution in [1.29, 1.82) is 0 Å². The standard InChI is InChI=1S/C13H26O/c1-12(2,3)9-7-8-11(14)10-13(4,5)6/h7-10H2,1-6H3. The summed E-state index contributed by atoms with van der Waals surface area (Å²) in [7, 11) is 0. The molecule has 0 atom stereocenters. The third-order valence-electron chi connectivity index (χ3n) is 2.11. The molecule has 84 valence electrons. The summed E-state index contributed by atoms with van der Waals surface area (Å²) in [5.74, 6) is 0.418. The maximum atomic E-state index is 11.5. The van der Waals surface area contributed by atoms with Crippen molar-refractivity contribution in [3.05, 3.63) is 0 Å². The molecule has 0 aromatic carbocycles. The topological polar surface area (TPSA) is 17.1 Å². The molecule has 0 radical (unpaired) electrons. The lowest BCUT2D eigenvalue weighted by molar-refractivity contribution is -0.120. The number of carbonyl (C=O) groups excluding carboxylic acids is 1. The van der Waals surface area contributed by atoms with Gasteiger partial charge in [0.25, 0.3) is 0 Å². The van der Waals surface area contributed by atoms with Gasteiger partial charge in [0, 0.05) is 12.8 Å². The molecule has 0 amide bonds. The lowest BCUT2D eigenvalue weighted by atomic mass is 9.86. The van der Waals surface area contributed by atoms with E-state index in [2.05, 4.69) is 41.5 Å². The van der Waals surface area contributed by atoms with E-state index in [1.54, 1.807) is 0 Å². The minimum atomic E-state index is 0.152. The van der Waals surface area contributed by atoms with E-state index >= 15 is 0 Å². The normalized spacial score (nSPS) is 13.0. The Labute approximate surface area is 89.3 Å². The molecule has 0 unspecified atom stereocenters. The molecule has 0 aliphatic rings. The molecule has 0 aromatic rings. The van der Waals surface area contributed by atoms with Crippen molar-refractivity contribution in [2.24, 2.45) is 10.8 Å². The monoisotopic (exact) mass is 198 g/mol. The van der Waals surface area contributed by atoms with Crippen LogP contribution in [0.15, 0.2) is 0 Å². The van der Waals surface area contributed by atoms with Crippen molar-refractivity contribution in [3.8, 4) is 0 Å². The Morgan fingerprint density at radius 2 is 1.43 bits per heavy atom. The van der Waals surface area contributed by atoms with Gasteiger partial charge in [0.15, 0.2) is 0 Å². The van der Waals surface area contributed by atoms with Crippen LogP contribution in [0, 0.1) is 10.8 Å². The van der Waals surface area contributed by atoms with Gasteiger partial charge in [0.05, 0.1) is 0 Å². The van der Waals surface area contributed by atoms with Gasteiger partial charge in [0.1, 0.15) is 5.78 Å². The largest absolute Gasteiger partial charge is 0.300 e. The summed E-state index contributed by atoms with van der Waals surface area (Å²) in [6.45, 7) is 13.0. The van der Waals surface area contributed by atoms with Gasteiger partial charge in [-0.15, -0.1) is 0 Å². The summed E-state index contributed by atoms with van der Waals surface area (Å²) in [5, 5.41) is 0. The van der Waals surface area contributed by atoms with E-state index in [0.29, 0.717) is 11.2 Å². The van der Waals surface area contributed by atoms with Crippen LogP contribution in [-0.4, -0.2) is 5.78 Å². The minimum absolute atomic E-state index is 0.152. The van der Waals surface area contributed by atoms with E-state index in [4.69, 9.17) is 0 Å². The fourth-order valence-electron chi connectivity index (χ4n) is 1.50. The molecule has 0 aliphatic heterocycles. The molecule has 0 saturated heterocycles. The zero-order valence-corrected chi connectivity index (χ0v) is 10.7. The third-order valence-corrected chi connectivity index (χ3v) is 2.11. The quantitative estimate of drug-likeness (QED) is 0.661. The zero-order chi connectivity index (χ0) is 11.4. The van der Waals surface area contributed by atoms with Gasteiger partial charge < -0.3 is 0 Å². The highest BCUT2D eigenvalue weighted by Gasteiger charge is 2.16. The van der Waals surface area contributed by atoms with E-state index in [0.717, 1.165) is 25.7 Å². The number of hydrogen-bond donors (Lipinski definition) is 0. The van der Waals surface area contributed by atoms with Crippen molar-refractivity contribution in [2.75, 3.05) is 0 Å². The van der Waals surface area contributed by atoms with E-state index in [1.165, 1.54) is 0 Å². The Morgan fingerprint density at radius 3 is 1.79 bits per heavy atom. The fraction of sp³-hybridized carbons (Fsp3) is 0.923. The lowest BCUT2D eigenvalue weighted by Crippen LogP contribution is -2.13. The van der Waals surface area contributed by atoms with Crippen molar-refractivity contribution in [2.45, 2.75) is 67.2 Å². The Balaban J connectivity index is 3.66. The third kappa shape index (κ3) is 9.76. The number of ketones is 1. The number of rotatable bonds is 4. The lowest BCUT2D eigenvalue weighted by Gasteiger charge is -2.19. The summed E-state index contributed by atoms with van der Waals surface area (Å²) < 4.78 is 0. The van der Waals surface area contributed by atoms with Crippen LogP contribution < -0.4 is 0 Å². The molecule has 0 aliphatic carbocycles. The summed E-state index contributed by atoms with van der Waals surface area (Å²) in [4.78, 5) is 11.5. The van der Waals surface area contributed by atoms with E-state index in [1.807, 2.05) is 0 Å². The summed E-state index contributed by atoms with van der Waals surface area (Å²) in [5.41, 5.74) is 0.515. The van der Waals surface area contributed by atoms with Crippen LogP contribution in [0.2, 0.25) is 0 Å². The van der Waals surface area contributed by atoms with Gasteiger partial charge in [-0.05, 0) is 23.7 Å². The van der Waals surface area contributed by atoms with Gasteiger partial charge in [-0.1, -0.05) is 41.5 Å². The summed E-state index contributed by atoms with van der Waals surface area (Å²) >= 11 is 0. The van der Waals surface area contributed by atoms with Crippen LogP contribution in [-0.2, 0) is 4.79 Å². The number of carbonyl (C=O) groups is 1. The number of hydrogen-bond acceptors (Lipinski definition) is 1. The van der Waals surface area contributed by atoms with Gasteiger partial charge in [-0.25, -0.2) is 0 Å². The summed E-state index contributed by atoms with van der Waals surface area (Å²) in [6, 6.07) is 0. The molecule has 0 fully saturated rings. The van der Waals surface area contributed by atoms with Crippen LogP contribution in [0.4, 0.5) is 0 Å². The van der Waals surface area contributed by atoms with Crippen molar-refractivity contribution < 1.29 is 4.79 Å². The predicted octanol–water partition coefficient (Wildman–Crippen LogP) is 4.21. The minimum Gasteiger partial charge on any atom is -0.300 e.